The summed E-state index contributed by atoms with van der Waals surface area (Å²) in [4.78, 5) is 12.3. The van der Waals surface area contributed by atoms with Crippen LogP contribution in [-0.4, -0.2) is 44.5 Å². The van der Waals surface area contributed by atoms with E-state index in [9.17, 15) is 10.1 Å². The number of carbonyl (C=O) groups excluding carboxylic acids is 1. The minimum absolute atomic E-state index is 0.0108. The molecule has 0 fully saturated rings. The zero-order valence-electron chi connectivity index (χ0n) is 15.5. The number of thioether (sulfide) groups is 1. The SMILES string of the molecule is COc1ccc(C)cc1-n1nnnc1SCC(=O)N[C@](C)(C#N)C(C)C. The van der Waals surface area contributed by atoms with Gasteiger partial charge in [-0.15, -0.1) is 5.10 Å². The van der Waals surface area contributed by atoms with Gasteiger partial charge in [0.2, 0.25) is 11.1 Å². The van der Waals surface area contributed by atoms with Crippen molar-refractivity contribution in [2.24, 2.45) is 5.92 Å². The molecular weight excluding hydrogens is 352 g/mol. The molecule has 1 aromatic heterocycles. The van der Waals surface area contributed by atoms with Gasteiger partial charge in [-0.2, -0.15) is 9.94 Å². The lowest BCUT2D eigenvalue weighted by Crippen LogP contribution is -2.49. The van der Waals surface area contributed by atoms with E-state index in [2.05, 4.69) is 26.9 Å². The van der Waals surface area contributed by atoms with Crippen molar-refractivity contribution in [1.82, 2.24) is 25.5 Å². The highest BCUT2D eigenvalue weighted by Gasteiger charge is 2.30. The minimum Gasteiger partial charge on any atom is -0.494 e. The number of amides is 1. The van der Waals surface area contributed by atoms with E-state index in [0.717, 1.165) is 5.56 Å². The molecule has 1 aromatic carbocycles. The molecule has 1 heterocycles. The summed E-state index contributed by atoms with van der Waals surface area (Å²) in [6.07, 6.45) is 0. The number of rotatable bonds is 7. The van der Waals surface area contributed by atoms with Crippen LogP contribution in [0.2, 0.25) is 0 Å². The Morgan fingerprint density at radius 1 is 1.50 bits per heavy atom. The van der Waals surface area contributed by atoms with Crippen molar-refractivity contribution in [2.75, 3.05) is 12.9 Å². The first-order valence-electron chi connectivity index (χ1n) is 8.09. The maximum atomic E-state index is 12.3. The zero-order chi connectivity index (χ0) is 19.3. The second-order valence-corrected chi connectivity index (χ2v) is 7.30. The van der Waals surface area contributed by atoms with Gasteiger partial charge in [0.1, 0.15) is 17.0 Å². The highest BCUT2D eigenvalue weighted by molar-refractivity contribution is 7.99. The van der Waals surface area contributed by atoms with E-state index < -0.39 is 5.54 Å². The number of tetrazole rings is 1. The number of ether oxygens (including phenoxy) is 1. The van der Waals surface area contributed by atoms with Crippen LogP contribution in [0.3, 0.4) is 0 Å². The molecule has 0 spiro atoms. The second-order valence-electron chi connectivity index (χ2n) is 6.35. The molecule has 1 amide bonds. The predicted molar refractivity (Wildman–Crippen MR) is 98.2 cm³/mol. The average molecular weight is 374 g/mol. The fourth-order valence-electron chi connectivity index (χ4n) is 2.14. The van der Waals surface area contributed by atoms with Gasteiger partial charge in [0.05, 0.1) is 18.9 Å². The van der Waals surface area contributed by atoms with Gasteiger partial charge in [-0.05, 0) is 47.9 Å². The van der Waals surface area contributed by atoms with Crippen molar-refractivity contribution < 1.29 is 9.53 Å². The largest absolute Gasteiger partial charge is 0.494 e. The van der Waals surface area contributed by atoms with E-state index in [1.54, 1.807) is 14.0 Å². The molecule has 0 saturated heterocycles. The molecular formula is C17H22N6O2S. The third-order valence-corrected chi connectivity index (χ3v) is 5.04. The smallest absolute Gasteiger partial charge is 0.231 e. The molecule has 2 rings (SSSR count). The molecule has 0 bridgehead atoms. The lowest BCUT2D eigenvalue weighted by molar-refractivity contribution is -0.120. The van der Waals surface area contributed by atoms with Crippen LogP contribution < -0.4 is 10.1 Å². The number of hydrogen-bond donors (Lipinski definition) is 1. The highest BCUT2D eigenvalue weighted by Crippen LogP contribution is 2.27. The molecule has 0 radical (unpaired) electrons. The summed E-state index contributed by atoms with van der Waals surface area (Å²) in [7, 11) is 1.58. The number of hydrogen-bond acceptors (Lipinski definition) is 7. The van der Waals surface area contributed by atoms with E-state index in [0.29, 0.717) is 16.6 Å². The summed E-state index contributed by atoms with van der Waals surface area (Å²) in [6.45, 7) is 7.45. The summed E-state index contributed by atoms with van der Waals surface area (Å²) in [5, 5.41) is 24.2. The maximum absolute atomic E-state index is 12.3. The van der Waals surface area contributed by atoms with Gasteiger partial charge in [-0.25, -0.2) is 0 Å². The van der Waals surface area contributed by atoms with Gasteiger partial charge in [0.25, 0.3) is 0 Å². The monoisotopic (exact) mass is 374 g/mol. The number of nitrogens with zero attached hydrogens (tertiary/aromatic N) is 5. The quantitative estimate of drug-likeness (QED) is 0.740. The third-order valence-electron chi connectivity index (χ3n) is 4.12. The van der Waals surface area contributed by atoms with Crippen LogP contribution in [0, 0.1) is 24.2 Å². The molecule has 1 N–H and O–H groups in total. The number of benzene rings is 1. The van der Waals surface area contributed by atoms with Crippen molar-refractivity contribution >= 4 is 17.7 Å². The number of carbonyl (C=O) groups is 1. The lowest BCUT2D eigenvalue weighted by Gasteiger charge is -2.27. The summed E-state index contributed by atoms with van der Waals surface area (Å²) >= 11 is 1.19. The second kappa shape index (κ2) is 8.19. The minimum atomic E-state index is -0.913. The maximum Gasteiger partial charge on any atom is 0.231 e. The molecule has 0 saturated carbocycles. The molecule has 0 aliphatic heterocycles. The highest BCUT2D eigenvalue weighted by atomic mass is 32.2. The summed E-state index contributed by atoms with van der Waals surface area (Å²) in [5.74, 6) is 0.464. The van der Waals surface area contributed by atoms with Crippen LogP contribution in [0.5, 0.6) is 5.75 Å². The fourth-order valence-corrected chi connectivity index (χ4v) is 2.83. The van der Waals surface area contributed by atoms with Gasteiger partial charge < -0.3 is 10.1 Å². The van der Waals surface area contributed by atoms with Crippen molar-refractivity contribution in [1.29, 1.82) is 5.26 Å². The van der Waals surface area contributed by atoms with Gasteiger partial charge in [0, 0.05) is 0 Å². The Labute approximate surface area is 156 Å². The Kier molecular flexibility index (Phi) is 6.21. The Balaban J connectivity index is 2.14. The van der Waals surface area contributed by atoms with Crippen LogP contribution in [-0.2, 0) is 4.79 Å². The van der Waals surface area contributed by atoms with Crippen LogP contribution >= 0.6 is 11.8 Å². The van der Waals surface area contributed by atoms with Gasteiger partial charge >= 0.3 is 0 Å². The number of aromatic nitrogens is 4. The molecule has 2 aromatic rings. The first-order chi connectivity index (χ1) is 12.3. The van der Waals surface area contributed by atoms with Crippen LogP contribution in [0.1, 0.15) is 26.3 Å². The number of aryl methyl sites for hydroxylation is 1. The van der Waals surface area contributed by atoms with E-state index in [1.807, 2.05) is 39.0 Å². The Morgan fingerprint density at radius 2 is 2.23 bits per heavy atom. The van der Waals surface area contributed by atoms with E-state index in [4.69, 9.17) is 4.74 Å². The molecule has 0 unspecified atom stereocenters. The molecule has 8 nitrogen and oxygen atoms in total. The summed E-state index contributed by atoms with van der Waals surface area (Å²) in [6, 6.07) is 7.84. The van der Waals surface area contributed by atoms with Gasteiger partial charge in [-0.1, -0.05) is 31.7 Å². The first kappa shape index (κ1) is 19.7. The first-order valence-corrected chi connectivity index (χ1v) is 9.07. The summed E-state index contributed by atoms with van der Waals surface area (Å²) < 4.78 is 6.91. The molecule has 26 heavy (non-hydrogen) atoms. The Bertz CT molecular complexity index is 829. The van der Waals surface area contributed by atoms with Crippen molar-refractivity contribution in [3.63, 3.8) is 0 Å². The predicted octanol–water partition coefficient (Wildman–Crippen LogP) is 2.13. The van der Waals surface area contributed by atoms with Gasteiger partial charge in [-0.3, -0.25) is 4.79 Å². The molecule has 1 atom stereocenters. The van der Waals surface area contributed by atoms with Crippen molar-refractivity contribution in [3.8, 4) is 17.5 Å². The molecule has 138 valence electrons. The Morgan fingerprint density at radius 3 is 2.85 bits per heavy atom. The van der Waals surface area contributed by atoms with Crippen molar-refractivity contribution in [2.45, 2.75) is 38.4 Å². The normalized spacial score (nSPS) is 13.1. The molecule has 9 heteroatoms. The van der Waals surface area contributed by atoms with Crippen LogP contribution in [0.4, 0.5) is 0 Å². The zero-order valence-corrected chi connectivity index (χ0v) is 16.3. The average Bonchev–Trinajstić information content (AvgIpc) is 3.08. The van der Waals surface area contributed by atoms with Crippen molar-refractivity contribution in [3.05, 3.63) is 23.8 Å². The molecule has 0 aliphatic rings. The topological polar surface area (TPSA) is 106 Å². The number of nitriles is 1. The standard InChI is InChI=1S/C17H22N6O2S/c1-11(2)17(4,10-18)19-15(24)9-26-16-20-21-22-23(16)13-8-12(3)6-7-14(13)25-5/h6-8,11H,9H2,1-5H3,(H,19,24)/t17-/m1/s1. The van der Waals surface area contributed by atoms with Gasteiger partial charge in [0.15, 0.2) is 0 Å². The fraction of sp³-hybridized carbons (Fsp3) is 0.471. The van der Waals surface area contributed by atoms with Crippen LogP contribution in [0.15, 0.2) is 23.4 Å². The van der Waals surface area contributed by atoms with E-state index in [-0.39, 0.29) is 17.6 Å². The van der Waals surface area contributed by atoms with E-state index >= 15 is 0 Å². The lowest BCUT2D eigenvalue weighted by atomic mass is 9.90. The number of methoxy groups -OCH3 is 1. The summed E-state index contributed by atoms with van der Waals surface area (Å²) in [5.41, 5.74) is 0.819. The third kappa shape index (κ3) is 4.32. The Hall–Kier alpha value is -2.60. The van der Waals surface area contributed by atoms with Crippen LogP contribution in [0.25, 0.3) is 5.69 Å². The van der Waals surface area contributed by atoms with E-state index in [1.165, 1.54) is 16.4 Å². The number of nitrogens with one attached hydrogen (secondary N) is 1. The molecule has 0 aliphatic carbocycles.